The van der Waals surface area contributed by atoms with Gasteiger partial charge in [-0.2, -0.15) is 18.4 Å². The number of urea groups is 1. The Bertz CT molecular complexity index is 482. The summed E-state index contributed by atoms with van der Waals surface area (Å²) in [6.07, 6.45) is -3.39. The Morgan fingerprint density at radius 3 is 2.29 bits per heavy atom. The molecule has 21 heavy (non-hydrogen) atoms. The maximum atomic E-state index is 12.8. The van der Waals surface area contributed by atoms with Crippen molar-refractivity contribution in [3.63, 3.8) is 0 Å². The van der Waals surface area contributed by atoms with Crippen LogP contribution in [0.25, 0.3) is 0 Å². The van der Waals surface area contributed by atoms with E-state index in [2.05, 4.69) is 6.07 Å². The second kappa shape index (κ2) is 5.54. The van der Waals surface area contributed by atoms with E-state index in [1.54, 1.807) is 19.2 Å². The zero-order valence-electron chi connectivity index (χ0n) is 12.2. The van der Waals surface area contributed by atoms with Gasteiger partial charge in [0.2, 0.25) is 5.54 Å². The second-order valence-electron chi connectivity index (χ2n) is 5.96. The van der Waals surface area contributed by atoms with Crippen molar-refractivity contribution >= 4 is 11.9 Å². The summed E-state index contributed by atoms with van der Waals surface area (Å²) in [4.78, 5) is 23.9. The van der Waals surface area contributed by atoms with Gasteiger partial charge in [-0.1, -0.05) is 6.42 Å². The van der Waals surface area contributed by atoms with Gasteiger partial charge in [-0.05, 0) is 33.6 Å². The predicted molar refractivity (Wildman–Crippen MR) is 67.9 cm³/mol. The number of unbranched alkanes of at least 4 members (excludes halogenated alkanes) is 1. The van der Waals surface area contributed by atoms with Gasteiger partial charge in [0, 0.05) is 6.54 Å². The molecular weight excluding hydrogens is 287 g/mol. The van der Waals surface area contributed by atoms with Crippen molar-refractivity contribution in [2.24, 2.45) is 5.41 Å². The molecule has 1 atom stereocenters. The molecule has 1 fully saturated rings. The Morgan fingerprint density at radius 2 is 1.86 bits per heavy atom. The number of nitrogens with zero attached hydrogens (tertiary/aromatic N) is 2. The fourth-order valence-electron chi connectivity index (χ4n) is 1.98. The number of amides is 3. The molecular formula is C13H18F3N3O2. The molecule has 8 heteroatoms. The van der Waals surface area contributed by atoms with Crippen LogP contribution in [0.2, 0.25) is 0 Å². The average molecular weight is 305 g/mol. The van der Waals surface area contributed by atoms with E-state index >= 15 is 0 Å². The molecule has 1 rings (SSSR count). The van der Waals surface area contributed by atoms with Crippen molar-refractivity contribution in [3.05, 3.63) is 0 Å². The van der Waals surface area contributed by atoms with Crippen LogP contribution in [0.4, 0.5) is 18.0 Å². The molecule has 0 aromatic heterocycles. The number of nitriles is 1. The van der Waals surface area contributed by atoms with Crippen LogP contribution in [0.3, 0.4) is 0 Å². The fourth-order valence-corrected chi connectivity index (χ4v) is 1.98. The van der Waals surface area contributed by atoms with Crippen molar-refractivity contribution in [1.82, 2.24) is 10.2 Å². The molecule has 0 spiro atoms. The minimum absolute atomic E-state index is 0.0855. The van der Waals surface area contributed by atoms with Crippen molar-refractivity contribution < 1.29 is 22.8 Å². The van der Waals surface area contributed by atoms with Crippen LogP contribution < -0.4 is 5.32 Å². The highest BCUT2D eigenvalue weighted by atomic mass is 19.4. The van der Waals surface area contributed by atoms with Crippen molar-refractivity contribution in [2.45, 2.75) is 51.7 Å². The lowest BCUT2D eigenvalue weighted by Crippen LogP contribution is -2.56. The van der Waals surface area contributed by atoms with Gasteiger partial charge in [0.1, 0.15) is 0 Å². The first-order chi connectivity index (χ1) is 9.44. The molecule has 0 aliphatic carbocycles. The van der Waals surface area contributed by atoms with E-state index in [-0.39, 0.29) is 6.54 Å². The van der Waals surface area contributed by atoms with Crippen LogP contribution in [0, 0.1) is 16.7 Å². The first kappa shape index (κ1) is 17.3. The number of alkyl halides is 3. The third-order valence-electron chi connectivity index (χ3n) is 3.58. The monoisotopic (exact) mass is 305 g/mol. The van der Waals surface area contributed by atoms with Crippen LogP contribution in [-0.2, 0) is 4.79 Å². The lowest BCUT2D eigenvalue weighted by molar-refractivity contribution is -0.191. The first-order valence-electron chi connectivity index (χ1n) is 6.57. The maximum Gasteiger partial charge on any atom is 0.420 e. The molecule has 1 heterocycles. The van der Waals surface area contributed by atoms with Crippen LogP contribution in [0.1, 0.15) is 40.0 Å². The van der Waals surface area contributed by atoms with Gasteiger partial charge in [0.15, 0.2) is 0 Å². The zero-order chi connectivity index (χ0) is 16.5. The largest absolute Gasteiger partial charge is 0.420 e. The third-order valence-corrected chi connectivity index (χ3v) is 3.58. The standard InChI is InChI=1S/C13H18F3N3O2/c1-11(2,8-17)6-4-5-7-19-9(20)12(3,13(14,15)16)18-10(19)21/h4-7H2,1-3H3,(H,18,21). The third kappa shape index (κ3) is 3.46. The fraction of sp³-hybridized carbons (Fsp3) is 0.769. The number of carbonyl (C=O) groups excluding carboxylic acids is 2. The van der Waals surface area contributed by atoms with Gasteiger partial charge in [-0.25, -0.2) is 4.79 Å². The van der Waals surface area contributed by atoms with E-state index in [0.29, 0.717) is 31.1 Å². The summed E-state index contributed by atoms with van der Waals surface area (Å²) in [5.41, 5.74) is -3.38. The van der Waals surface area contributed by atoms with Gasteiger partial charge < -0.3 is 5.32 Å². The van der Waals surface area contributed by atoms with Crippen LogP contribution in [0.15, 0.2) is 0 Å². The minimum atomic E-state index is -4.84. The van der Waals surface area contributed by atoms with Crippen molar-refractivity contribution in [1.29, 1.82) is 5.26 Å². The summed E-state index contributed by atoms with van der Waals surface area (Å²) in [7, 11) is 0. The van der Waals surface area contributed by atoms with Gasteiger partial charge in [-0.3, -0.25) is 9.69 Å². The van der Waals surface area contributed by atoms with E-state index in [9.17, 15) is 22.8 Å². The molecule has 0 saturated carbocycles. The first-order valence-corrected chi connectivity index (χ1v) is 6.57. The summed E-state index contributed by atoms with van der Waals surface area (Å²) in [6.45, 7) is 4.08. The molecule has 0 aromatic carbocycles. The Balaban J connectivity index is 2.61. The average Bonchev–Trinajstić information content (AvgIpc) is 2.57. The molecule has 1 saturated heterocycles. The summed E-state index contributed by atoms with van der Waals surface area (Å²) in [5, 5.41) is 10.5. The maximum absolute atomic E-state index is 12.8. The van der Waals surface area contributed by atoms with E-state index < -0.39 is 29.1 Å². The summed E-state index contributed by atoms with van der Waals surface area (Å²) >= 11 is 0. The van der Waals surface area contributed by atoms with Gasteiger partial charge in [-0.15, -0.1) is 0 Å². The highest BCUT2D eigenvalue weighted by Gasteiger charge is 2.64. The molecule has 118 valence electrons. The number of carbonyl (C=O) groups is 2. The number of hydrogen-bond acceptors (Lipinski definition) is 3. The van der Waals surface area contributed by atoms with Gasteiger partial charge in [0.25, 0.3) is 5.91 Å². The lowest BCUT2D eigenvalue weighted by atomic mass is 9.89. The highest BCUT2D eigenvalue weighted by Crippen LogP contribution is 2.35. The Morgan fingerprint density at radius 1 is 1.29 bits per heavy atom. The Kier molecular flexibility index (Phi) is 4.56. The second-order valence-corrected chi connectivity index (χ2v) is 5.96. The topological polar surface area (TPSA) is 73.2 Å². The zero-order valence-corrected chi connectivity index (χ0v) is 12.2. The number of imide groups is 1. The quantitative estimate of drug-likeness (QED) is 0.626. The smallest absolute Gasteiger partial charge is 0.316 e. The minimum Gasteiger partial charge on any atom is -0.316 e. The van der Waals surface area contributed by atoms with Crippen molar-refractivity contribution in [2.75, 3.05) is 6.54 Å². The summed E-state index contributed by atoms with van der Waals surface area (Å²) < 4.78 is 38.5. The van der Waals surface area contributed by atoms with Gasteiger partial charge in [0.05, 0.1) is 11.5 Å². The van der Waals surface area contributed by atoms with E-state index in [1.807, 2.05) is 0 Å². The van der Waals surface area contributed by atoms with Crippen molar-refractivity contribution in [3.8, 4) is 6.07 Å². The summed E-state index contributed by atoms with van der Waals surface area (Å²) in [6, 6.07) is 1.08. The molecule has 0 bridgehead atoms. The molecule has 1 aliphatic rings. The molecule has 0 aromatic rings. The van der Waals surface area contributed by atoms with E-state index in [4.69, 9.17) is 5.26 Å². The van der Waals surface area contributed by atoms with Crippen LogP contribution in [0.5, 0.6) is 0 Å². The molecule has 1 N–H and O–H groups in total. The molecule has 1 unspecified atom stereocenters. The van der Waals surface area contributed by atoms with E-state index in [1.165, 1.54) is 0 Å². The number of hydrogen-bond donors (Lipinski definition) is 1. The summed E-state index contributed by atoms with van der Waals surface area (Å²) in [5.74, 6) is -1.28. The normalized spacial score (nSPS) is 23.2. The SMILES string of the molecule is CC(C)(C#N)CCCCN1C(=O)NC(C)(C(F)(F)F)C1=O. The molecule has 3 amide bonds. The number of rotatable bonds is 5. The predicted octanol–water partition coefficient (Wildman–Crippen LogP) is 2.58. The Hall–Kier alpha value is -1.78. The number of halogens is 3. The highest BCUT2D eigenvalue weighted by molar-refractivity contribution is 6.07. The number of nitrogens with one attached hydrogen (secondary N) is 1. The lowest BCUT2D eigenvalue weighted by Gasteiger charge is -2.24. The van der Waals surface area contributed by atoms with Crippen LogP contribution in [-0.4, -0.2) is 35.1 Å². The Labute approximate surface area is 121 Å². The molecule has 1 aliphatic heterocycles. The van der Waals surface area contributed by atoms with Crippen LogP contribution >= 0.6 is 0 Å². The van der Waals surface area contributed by atoms with Gasteiger partial charge >= 0.3 is 12.2 Å². The molecule has 0 radical (unpaired) electrons. The van der Waals surface area contributed by atoms with E-state index in [0.717, 1.165) is 0 Å². The molecule has 5 nitrogen and oxygen atoms in total.